The molecule has 120 valence electrons. The maximum atomic E-state index is 10.2. The Morgan fingerprint density at radius 2 is 1.50 bits per heavy atom. The number of carbonyl (C=O) groups excluding carboxylic acids is 1. The summed E-state index contributed by atoms with van der Waals surface area (Å²) in [6.07, 6.45) is 20.3. The number of carbonyl (C=O) groups is 1. The molecule has 0 spiro atoms. The van der Waals surface area contributed by atoms with E-state index >= 15 is 0 Å². The SMILES string of the molecule is CC(O)/C=C\C/C=C\C/C=C\CCCCCCCC(=O)[O-].[Na+]. The third-order valence-electron chi connectivity index (χ3n) is 3.04. The smallest absolute Gasteiger partial charge is 0.550 e. The summed E-state index contributed by atoms with van der Waals surface area (Å²) in [7, 11) is 0. The number of carboxylic acids is 1. The van der Waals surface area contributed by atoms with Crippen molar-refractivity contribution in [1.82, 2.24) is 0 Å². The summed E-state index contributed by atoms with van der Waals surface area (Å²) in [5.41, 5.74) is 0. The van der Waals surface area contributed by atoms with Gasteiger partial charge in [0.1, 0.15) is 0 Å². The van der Waals surface area contributed by atoms with Crippen LogP contribution in [0.5, 0.6) is 0 Å². The van der Waals surface area contributed by atoms with Gasteiger partial charge >= 0.3 is 29.6 Å². The van der Waals surface area contributed by atoms with E-state index in [2.05, 4.69) is 24.3 Å². The summed E-state index contributed by atoms with van der Waals surface area (Å²) >= 11 is 0. The average molecular weight is 316 g/mol. The molecule has 0 aliphatic heterocycles. The first-order valence-electron chi connectivity index (χ1n) is 7.97. The van der Waals surface area contributed by atoms with Crippen molar-refractivity contribution in [3.05, 3.63) is 36.5 Å². The fourth-order valence-electron chi connectivity index (χ4n) is 1.90. The third-order valence-corrected chi connectivity index (χ3v) is 3.04. The molecule has 0 aliphatic carbocycles. The number of aliphatic hydroxyl groups is 1. The number of aliphatic carboxylic acids is 1. The van der Waals surface area contributed by atoms with Crippen LogP contribution in [0.15, 0.2) is 36.5 Å². The van der Waals surface area contributed by atoms with Crippen molar-refractivity contribution < 1.29 is 44.6 Å². The van der Waals surface area contributed by atoms with E-state index in [0.717, 1.165) is 44.9 Å². The van der Waals surface area contributed by atoms with Crippen LogP contribution >= 0.6 is 0 Å². The molecule has 0 radical (unpaired) electrons. The van der Waals surface area contributed by atoms with Gasteiger partial charge in [-0.15, -0.1) is 0 Å². The number of carboxylic acid groups (broad SMARTS) is 1. The van der Waals surface area contributed by atoms with Crippen molar-refractivity contribution in [1.29, 1.82) is 0 Å². The van der Waals surface area contributed by atoms with Gasteiger partial charge in [-0.25, -0.2) is 0 Å². The molecule has 1 unspecified atom stereocenters. The monoisotopic (exact) mass is 316 g/mol. The fraction of sp³-hybridized carbons (Fsp3) is 0.611. The van der Waals surface area contributed by atoms with Gasteiger partial charge in [0.05, 0.1) is 6.10 Å². The van der Waals surface area contributed by atoms with E-state index in [0.29, 0.717) is 0 Å². The summed E-state index contributed by atoms with van der Waals surface area (Å²) in [6, 6.07) is 0. The van der Waals surface area contributed by atoms with Gasteiger partial charge < -0.3 is 15.0 Å². The second-order valence-electron chi connectivity index (χ2n) is 5.26. The zero-order chi connectivity index (χ0) is 15.8. The van der Waals surface area contributed by atoms with E-state index in [4.69, 9.17) is 5.11 Å². The van der Waals surface area contributed by atoms with Gasteiger partial charge in [0, 0.05) is 5.97 Å². The molecule has 0 aromatic carbocycles. The van der Waals surface area contributed by atoms with Crippen LogP contribution in [0.3, 0.4) is 0 Å². The normalized spacial score (nSPS) is 13.0. The molecule has 22 heavy (non-hydrogen) atoms. The third kappa shape index (κ3) is 21.9. The summed E-state index contributed by atoms with van der Waals surface area (Å²) in [5, 5.41) is 19.2. The Labute approximate surface area is 157 Å². The van der Waals surface area contributed by atoms with Crippen LogP contribution in [-0.2, 0) is 4.79 Å². The van der Waals surface area contributed by atoms with Crippen LogP contribution in [0.4, 0.5) is 0 Å². The first-order chi connectivity index (χ1) is 10.1. The van der Waals surface area contributed by atoms with Gasteiger partial charge in [-0.05, 0) is 45.4 Å². The topological polar surface area (TPSA) is 60.4 Å². The molecule has 1 atom stereocenters. The molecule has 0 aromatic rings. The van der Waals surface area contributed by atoms with Crippen molar-refractivity contribution >= 4 is 5.97 Å². The van der Waals surface area contributed by atoms with E-state index in [9.17, 15) is 9.90 Å². The van der Waals surface area contributed by atoms with Crippen LogP contribution in [0, 0.1) is 0 Å². The second-order valence-corrected chi connectivity index (χ2v) is 5.26. The van der Waals surface area contributed by atoms with E-state index in [1.165, 1.54) is 6.42 Å². The second kappa shape index (κ2) is 18.7. The Balaban J connectivity index is 0. The van der Waals surface area contributed by atoms with Crippen LogP contribution in [0.1, 0.15) is 64.7 Å². The summed E-state index contributed by atoms with van der Waals surface area (Å²) in [5.74, 6) is -0.938. The molecule has 0 aromatic heterocycles. The molecule has 0 saturated carbocycles. The number of aliphatic hydroxyl groups excluding tert-OH is 1. The molecule has 0 saturated heterocycles. The Kier molecular flexibility index (Phi) is 20.3. The summed E-state index contributed by atoms with van der Waals surface area (Å²) in [6.45, 7) is 1.74. The van der Waals surface area contributed by atoms with Crippen molar-refractivity contribution in [2.45, 2.75) is 70.8 Å². The van der Waals surface area contributed by atoms with Crippen LogP contribution in [0.25, 0.3) is 0 Å². The van der Waals surface area contributed by atoms with E-state index in [1.54, 1.807) is 13.0 Å². The number of hydrogen-bond donors (Lipinski definition) is 1. The van der Waals surface area contributed by atoms with Gasteiger partial charge in [0.15, 0.2) is 0 Å². The molecule has 1 N–H and O–H groups in total. The van der Waals surface area contributed by atoms with Gasteiger partial charge in [-0.3, -0.25) is 0 Å². The first kappa shape index (κ1) is 23.9. The maximum absolute atomic E-state index is 10.2. The molecule has 0 bridgehead atoms. The largest absolute Gasteiger partial charge is 1.00 e. The molecular weight excluding hydrogens is 287 g/mol. The molecule has 0 aliphatic rings. The number of hydrogen-bond acceptors (Lipinski definition) is 3. The van der Waals surface area contributed by atoms with Crippen LogP contribution < -0.4 is 34.7 Å². The number of rotatable bonds is 13. The minimum Gasteiger partial charge on any atom is -0.550 e. The van der Waals surface area contributed by atoms with Gasteiger partial charge in [0.25, 0.3) is 0 Å². The molecule has 0 amide bonds. The van der Waals surface area contributed by atoms with Crippen molar-refractivity contribution in [2.24, 2.45) is 0 Å². The Hall–Kier alpha value is -0.350. The Morgan fingerprint density at radius 3 is 2.14 bits per heavy atom. The van der Waals surface area contributed by atoms with E-state index < -0.39 is 5.97 Å². The van der Waals surface area contributed by atoms with Crippen molar-refractivity contribution in [2.75, 3.05) is 0 Å². The fourth-order valence-corrected chi connectivity index (χ4v) is 1.90. The quantitative estimate of drug-likeness (QED) is 0.302. The summed E-state index contributed by atoms with van der Waals surface area (Å²) < 4.78 is 0. The zero-order valence-electron chi connectivity index (χ0n) is 14.2. The van der Waals surface area contributed by atoms with Gasteiger partial charge in [0.2, 0.25) is 0 Å². The molecule has 0 fully saturated rings. The van der Waals surface area contributed by atoms with Gasteiger partial charge in [-0.2, -0.15) is 0 Å². The van der Waals surface area contributed by atoms with E-state index in [-0.39, 0.29) is 42.1 Å². The summed E-state index contributed by atoms with van der Waals surface area (Å²) in [4.78, 5) is 10.2. The molecule has 4 heteroatoms. The zero-order valence-corrected chi connectivity index (χ0v) is 16.2. The predicted molar refractivity (Wildman–Crippen MR) is 85.7 cm³/mol. The standard InChI is InChI=1S/C18H30O3.Na/c1-17(19)15-13-11-9-7-5-3-2-4-6-8-10-12-14-16-18(20)21;/h2-3,7,9,13,15,17,19H,4-6,8,10-12,14,16H2,1H3,(H,20,21);/q;+1/p-1/b3-2-,9-7-,15-13-;. The minimum absolute atomic E-state index is 0. The average Bonchev–Trinajstić information content (AvgIpc) is 2.42. The molecule has 3 nitrogen and oxygen atoms in total. The predicted octanol–water partition coefficient (Wildman–Crippen LogP) is 0.301. The maximum Gasteiger partial charge on any atom is 1.00 e. The molecule has 0 rings (SSSR count). The van der Waals surface area contributed by atoms with E-state index in [1.807, 2.05) is 6.08 Å². The van der Waals surface area contributed by atoms with Crippen molar-refractivity contribution in [3.8, 4) is 0 Å². The minimum atomic E-state index is -0.938. The van der Waals surface area contributed by atoms with Gasteiger partial charge in [-0.1, -0.05) is 55.7 Å². The van der Waals surface area contributed by atoms with Crippen LogP contribution in [0.2, 0.25) is 0 Å². The molecular formula is C18H29NaO3. The number of unbranched alkanes of at least 4 members (excludes halogenated alkanes) is 5. The van der Waals surface area contributed by atoms with Crippen molar-refractivity contribution in [3.63, 3.8) is 0 Å². The number of allylic oxidation sites excluding steroid dienone is 5. The first-order valence-corrected chi connectivity index (χ1v) is 7.97. The van der Waals surface area contributed by atoms with Crippen LogP contribution in [-0.4, -0.2) is 17.2 Å². The Bertz CT molecular complexity index is 333. The molecule has 0 heterocycles. The Morgan fingerprint density at radius 1 is 0.955 bits per heavy atom.